The molecule has 0 bridgehead atoms. The van der Waals surface area contributed by atoms with Crippen LogP contribution in [0.15, 0.2) is 66.9 Å². The van der Waals surface area contributed by atoms with E-state index in [-0.39, 0.29) is 5.97 Å². The van der Waals surface area contributed by atoms with Crippen LogP contribution in [0.4, 0.5) is 0 Å². The highest BCUT2D eigenvalue weighted by Crippen LogP contribution is 2.22. The lowest BCUT2D eigenvalue weighted by Gasteiger charge is -2.08. The molecule has 0 atom stereocenters. The van der Waals surface area contributed by atoms with E-state index in [9.17, 15) is 4.79 Å². The van der Waals surface area contributed by atoms with Gasteiger partial charge in [-0.05, 0) is 72.9 Å². The lowest BCUT2D eigenvalue weighted by Crippen LogP contribution is -2.08. The molecule has 0 saturated carbocycles. The molecule has 3 rings (SSSR count). The Labute approximate surface area is 210 Å². The first-order chi connectivity index (χ1) is 17.2. The Kier molecular flexibility index (Phi) is 11.5. The van der Waals surface area contributed by atoms with Gasteiger partial charge in [0.25, 0.3) is 0 Å². The summed E-state index contributed by atoms with van der Waals surface area (Å²) < 4.78 is 11.3. The Balaban J connectivity index is 1.47. The molecule has 0 N–H and O–H groups in total. The normalized spacial score (nSPS) is 10.9. The van der Waals surface area contributed by atoms with Crippen molar-refractivity contribution in [2.45, 2.75) is 78.2 Å². The molecule has 1 aromatic heterocycles. The number of unbranched alkanes of at least 4 members (excludes halogenated alkanes) is 6. The van der Waals surface area contributed by atoms with Crippen LogP contribution in [0.25, 0.3) is 11.3 Å². The van der Waals surface area contributed by atoms with Gasteiger partial charge in [0.1, 0.15) is 5.75 Å². The van der Waals surface area contributed by atoms with Crippen molar-refractivity contribution >= 4 is 5.97 Å². The Bertz CT molecular complexity index is 995. The summed E-state index contributed by atoms with van der Waals surface area (Å²) >= 11 is 0. The van der Waals surface area contributed by atoms with E-state index < -0.39 is 0 Å². The molecule has 4 heteroatoms. The average molecular weight is 474 g/mol. The van der Waals surface area contributed by atoms with Crippen LogP contribution in [0.1, 0.15) is 86.7 Å². The molecule has 1 heterocycles. The summed E-state index contributed by atoms with van der Waals surface area (Å²) in [7, 11) is 0. The Morgan fingerprint density at radius 1 is 0.743 bits per heavy atom. The SMILES string of the molecule is CCCCCCCc1ccc(C(=O)Oc2ccc(-c3ccc(COCCCCC)cn3)cc2)cc1. The van der Waals surface area contributed by atoms with Gasteiger partial charge < -0.3 is 9.47 Å². The number of rotatable bonds is 15. The highest BCUT2D eigenvalue weighted by Gasteiger charge is 2.09. The summed E-state index contributed by atoms with van der Waals surface area (Å²) in [5.74, 6) is 0.185. The third kappa shape index (κ3) is 9.29. The van der Waals surface area contributed by atoms with E-state index in [1.807, 2.05) is 66.9 Å². The fourth-order valence-electron chi connectivity index (χ4n) is 3.92. The number of carbonyl (C=O) groups excluding carboxylic acids is 1. The number of nitrogens with zero attached hydrogens (tertiary/aromatic N) is 1. The molecule has 0 aliphatic carbocycles. The molecule has 0 unspecified atom stereocenters. The van der Waals surface area contributed by atoms with Crippen LogP contribution >= 0.6 is 0 Å². The van der Waals surface area contributed by atoms with Gasteiger partial charge in [-0.3, -0.25) is 4.98 Å². The van der Waals surface area contributed by atoms with Crippen LogP contribution in [0.3, 0.4) is 0 Å². The van der Waals surface area contributed by atoms with Gasteiger partial charge in [-0.2, -0.15) is 0 Å². The molecule has 186 valence electrons. The zero-order valence-electron chi connectivity index (χ0n) is 21.3. The standard InChI is InChI=1S/C31H39NO3/c1-3-5-7-8-9-11-25-12-15-28(16-13-25)31(33)35-29-19-17-27(18-20-29)30-21-14-26(23-32-30)24-34-22-10-6-4-2/h12-21,23H,3-11,22,24H2,1-2H3. The summed E-state index contributed by atoms with van der Waals surface area (Å²) in [4.78, 5) is 17.1. The fourth-order valence-corrected chi connectivity index (χ4v) is 3.92. The summed E-state index contributed by atoms with van der Waals surface area (Å²) in [5.41, 5.74) is 4.76. The largest absolute Gasteiger partial charge is 0.423 e. The van der Waals surface area contributed by atoms with E-state index >= 15 is 0 Å². The number of aryl methyl sites for hydroxylation is 1. The number of aromatic nitrogens is 1. The van der Waals surface area contributed by atoms with Crippen LogP contribution in [-0.4, -0.2) is 17.6 Å². The number of hydrogen-bond acceptors (Lipinski definition) is 4. The minimum Gasteiger partial charge on any atom is -0.423 e. The quantitative estimate of drug-likeness (QED) is 0.127. The maximum absolute atomic E-state index is 12.5. The smallest absolute Gasteiger partial charge is 0.343 e. The first-order valence-corrected chi connectivity index (χ1v) is 13.1. The number of pyridine rings is 1. The lowest BCUT2D eigenvalue weighted by molar-refractivity contribution is 0.0734. The van der Waals surface area contributed by atoms with Gasteiger partial charge in [-0.25, -0.2) is 4.79 Å². The van der Waals surface area contributed by atoms with E-state index in [1.165, 1.54) is 50.5 Å². The van der Waals surface area contributed by atoms with Crippen LogP contribution < -0.4 is 4.74 Å². The van der Waals surface area contributed by atoms with Crippen molar-refractivity contribution in [2.75, 3.05) is 6.61 Å². The minimum atomic E-state index is -0.339. The predicted octanol–water partition coefficient (Wildman–Crippen LogP) is 8.19. The van der Waals surface area contributed by atoms with Crippen molar-refractivity contribution in [3.05, 3.63) is 83.6 Å². The van der Waals surface area contributed by atoms with Crippen molar-refractivity contribution < 1.29 is 14.3 Å². The van der Waals surface area contributed by atoms with E-state index in [4.69, 9.17) is 9.47 Å². The third-order valence-electron chi connectivity index (χ3n) is 6.10. The number of carbonyl (C=O) groups is 1. The molecule has 0 aliphatic rings. The molecule has 35 heavy (non-hydrogen) atoms. The van der Waals surface area contributed by atoms with E-state index in [0.29, 0.717) is 17.9 Å². The van der Waals surface area contributed by atoms with E-state index in [2.05, 4.69) is 18.8 Å². The zero-order chi connectivity index (χ0) is 24.7. The molecule has 0 fully saturated rings. The highest BCUT2D eigenvalue weighted by molar-refractivity contribution is 5.91. The average Bonchev–Trinajstić information content (AvgIpc) is 2.90. The van der Waals surface area contributed by atoms with Gasteiger partial charge in [0, 0.05) is 18.4 Å². The van der Waals surface area contributed by atoms with Crippen molar-refractivity contribution in [1.82, 2.24) is 4.98 Å². The highest BCUT2D eigenvalue weighted by atomic mass is 16.5. The maximum Gasteiger partial charge on any atom is 0.343 e. The second-order valence-corrected chi connectivity index (χ2v) is 9.09. The molecule has 0 spiro atoms. The summed E-state index contributed by atoms with van der Waals surface area (Å²) in [6.45, 7) is 5.80. The molecule has 0 amide bonds. The molecule has 2 aromatic carbocycles. The van der Waals surface area contributed by atoms with Crippen molar-refractivity contribution in [3.63, 3.8) is 0 Å². The molecular weight excluding hydrogens is 434 g/mol. The van der Waals surface area contributed by atoms with Gasteiger partial charge in [0.15, 0.2) is 0 Å². The predicted molar refractivity (Wildman–Crippen MR) is 143 cm³/mol. The molecule has 3 aromatic rings. The first kappa shape index (κ1) is 26.6. The fraction of sp³-hybridized carbons (Fsp3) is 0.419. The topological polar surface area (TPSA) is 48.4 Å². The van der Waals surface area contributed by atoms with Gasteiger partial charge >= 0.3 is 5.97 Å². The van der Waals surface area contributed by atoms with Gasteiger partial charge in [0.2, 0.25) is 0 Å². The molecule has 0 radical (unpaired) electrons. The number of hydrogen-bond donors (Lipinski definition) is 0. The minimum absolute atomic E-state index is 0.339. The maximum atomic E-state index is 12.5. The summed E-state index contributed by atoms with van der Waals surface area (Å²) in [5, 5.41) is 0. The van der Waals surface area contributed by atoms with E-state index in [1.54, 1.807) is 0 Å². The Morgan fingerprint density at radius 3 is 2.11 bits per heavy atom. The van der Waals surface area contributed by atoms with Gasteiger partial charge in [0.05, 0.1) is 17.9 Å². The molecule has 0 aliphatic heterocycles. The summed E-state index contributed by atoms with van der Waals surface area (Å²) in [6, 6.07) is 19.3. The number of esters is 1. The zero-order valence-corrected chi connectivity index (χ0v) is 21.3. The molecular formula is C31H39NO3. The first-order valence-electron chi connectivity index (χ1n) is 13.1. The molecule has 4 nitrogen and oxygen atoms in total. The van der Waals surface area contributed by atoms with E-state index in [0.717, 1.165) is 36.3 Å². The third-order valence-corrected chi connectivity index (χ3v) is 6.10. The van der Waals surface area contributed by atoms with Gasteiger partial charge in [-0.1, -0.05) is 70.6 Å². The molecule has 0 saturated heterocycles. The van der Waals surface area contributed by atoms with Crippen LogP contribution in [0, 0.1) is 0 Å². The van der Waals surface area contributed by atoms with Crippen LogP contribution in [0.2, 0.25) is 0 Å². The lowest BCUT2D eigenvalue weighted by atomic mass is 10.0. The van der Waals surface area contributed by atoms with Crippen LogP contribution in [-0.2, 0) is 17.8 Å². The van der Waals surface area contributed by atoms with Gasteiger partial charge in [-0.15, -0.1) is 0 Å². The Hall–Kier alpha value is -2.98. The monoisotopic (exact) mass is 473 g/mol. The van der Waals surface area contributed by atoms with Crippen molar-refractivity contribution in [2.24, 2.45) is 0 Å². The number of benzene rings is 2. The van der Waals surface area contributed by atoms with Crippen molar-refractivity contribution in [3.8, 4) is 17.0 Å². The second-order valence-electron chi connectivity index (χ2n) is 9.09. The second kappa shape index (κ2) is 15.1. The summed E-state index contributed by atoms with van der Waals surface area (Å²) in [6.07, 6.45) is 12.7. The van der Waals surface area contributed by atoms with Crippen LogP contribution in [0.5, 0.6) is 5.75 Å². The Morgan fingerprint density at radius 2 is 1.43 bits per heavy atom. The van der Waals surface area contributed by atoms with Crippen molar-refractivity contribution in [1.29, 1.82) is 0 Å². The number of ether oxygens (including phenoxy) is 2.